The second kappa shape index (κ2) is 6.39. The van der Waals surface area contributed by atoms with Crippen LogP contribution in [-0.4, -0.2) is 24.4 Å². The van der Waals surface area contributed by atoms with Gasteiger partial charge in [-0.25, -0.2) is 0 Å². The first-order valence-electron chi connectivity index (χ1n) is 6.32. The molecule has 2 aromatic rings. The molecule has 1 aromatic carbocycles. The first-order valence-corrected chi connectivity index (χ1v) is 6.69. The highest BCUT2D eigenvalue weighted by Crippen LogP contribution is 2.23. The van der Waals surface area contributed by atoms with E-state index in [9.17, 15) is 0 Å². The molecule has 0 aliphatic rings. The number of halogens is 1. The third kappa shape index (κ3) is 3.48. The van der Waals surface area contributed by atoms with Gasteiger partial charge in [0.25, 0.3) is 0 Å². The van der Waals surface area contributed by atoms with Gasteiger partial charge in [-0.15, -0.1) is 0 Å². The van der Waals surface area contributed by atoms with Crippen LogP contribution in [0, 0.1) is 5.41 Å². The van der Waals surface area contributed by atoms with Gasteiger partial charge in [0.2, 0.25) is 0 Å². The van der Waals surface area contributed by atoms with Crippen LogP contribution in [0.1, 0.15) is 11.1 Å². The summed E-state index contributed by atoms with van der Waals surface area (Å²) in [5.41, 5.74) is 8.28. The average Bonchev–Trinajstić information content (AvgIpc) is 2.45. The molecule has 0 unspecified atom stereocenters. The predicted octanol–water partition coefficient (Wildman–Crippen LogP) is 2.70. The first-order chi connectivity index (χ1) is 9.58. The second-order valence-electron chi connectivity index (χ2n) is 4.60. The molecule has 4 nitrogen and oxygen atoms in total. The Morgan fingerprint density at radius 3 is 2.60 bits per heavy atom. The Kier molecular flexibility index (Phi) is 4.58. The van der Waals surface area contributed by atoms with Crippen LogP contribution in [0.5, 0.6) is 0 Å². The number of nitrogen functional groups attached to an aromatic ring is 1. The molecule has 0 amide bonds. The average molecular weight is 289 g/mol. The van der Waals surface area contributed by atoms with Crippen molar-refractivity contribution < 1.29 is 0 Å². The summed E-state index contributed by atoms with van der Waals surface area (Å²) >= 11 is 6.13. The lowest BCUT2D eigenvalue weighted by Crippen LogP contribution is -2.20. The molecular formula is C15H17ClN4. The normalized spacial score (nSPS) is 10.3. The van der Waals surface area contributed by atoms with Gasteiger partial charge < -0.3 is 10.6 Å². The summed E-state index contributed by atoms with van der Waals surface area (Å²) < 4.78 is 0. The molecule has 0 saturated heterocycles. The fraction of sp³-hybridized carbons (Fsp3) is 0.200. The monoisotopic (exact) mass is 288 g/mol. The number of amidine groups is 1. The summed E-state index contributed by atoms with van der Waals surface area (Å²) in [5.74, 6) is -0.0130. The van der Waals surface area contributed by atoms with Gasteiger partial charge in [-0.2, -0.15) is 0 Å². The van der Waals surface area contributed by atoms with E-state index in [2.05, 4.69) is 9.88 Å². The number of nitrogens with one attached hydrogen (secondary N) is 1. The van der Waals surface area contributed by atoms with E-state index in [1.807, 2.05) is 31.3 Å². The second-order valence-corrected chi connectivity index (χ2v) is 5.01. The van der Waals surface area contributed by atoms with Crippen LogP contribution < -0.4 is 10.6 Å². The fourth-order valence-corrected chi connectivity index (χ4v) is 2.21. The van der Waals surface area contributed by atoms with Crippen molar-refractivity contribution in [2.45, 2.75) is 6.42 Å². The predicted molar refractivity (Wildman–Crippen MR) is 83.7 cm³/mol. The zero-order valence-corrected chi connectivity index (χ0v) is 12.1. The molecule has 0 aliphatic heterocycles. The summed E-state index contributed by atoms with van der Waals surface area (Å²) in [6.45, 7) is 0.875. The molecule has 0 saturated carbocycles. The van der Waals surface area contributed by atoms with Crippen molar-refractivity contribution in [3.05, 3.63) is 58.9 Å². The molecule has 3 N–H and O–H groups in total. The third-order valence-electron chi connectivity index (χ3n) is 3.17. The van der Waals surface area contributed by atoms with Crippen molar-refractivity contribution >= 4 is 23.1 Å². The Balaban J connectivity index is 2.04. The lowest BCUT2D eigenvalue weighted by molar-refractivity contribution is 0.875. The van der Waals surface area contributed by atoms with E-state index in [1.54, 1.807) is 18.5 Å². The van der Waals surface area contributed by atoms with Gasteiger partial charge in [-0.1, -0.05) is 11.6 Å². The van der Waals surface area contributed by atoms with Gasteiger partial charge in [0.05, 0.1) is 5.02 Å². The van der Waals surface area contributed by atoms with Crippen molar-refractivity contribution in [1.29, 1.82) is 5.41 Å². The molecule has 0 spiro atoms. The van der Waals surface area contributed by atoms with E-state index >= 15 is 0 Å². The van der Waals surface area contributed by atoms with Crippen LogP contribution in [0.3, 0.4) is 0 Å². The summed E-state index contributed by atoms with van der Waals surface area (Å²) in [6.07, 6.45) is 4.53. The van der Waals surface area contributed by atoms with E-state index in [0.717, 1.165) is 18.7 Å². The largest absolute Gasteiger partial charge is 0.384 e. The van der Waals surface area contributed by atoms with E-state index in [-0.39, 0.29) is 5.84 Å². The van der Waals surface area contributed by atoms with Crippen LogP contribution >= 0.6 is 11.6 Å². The van der Waals surface area contributed by atoms with E-state index < -0.39 is 0 Å². The molecule has 0 radical (unpaired) electrons. The van der Waals surface area contributed by atoms with Crippen LogP contribution in [0.2, 0.25) is 5.02 Å². The summed E-state index contributed by atoms with van der Waals surface area (Å²) in [5, 5.41) is 7.93. The van der Waals surface area contributed by atoms with E-state index in [1.165, 1.54) is 5.56 Å². The molecular weight excluding hydrogens is 272 g/mol. The molecule has 0 bridgehead atoms. The third-order valence-corrected chi connectivity index (χ3v) is 3.48. The minimum absolute atomic E-state index is 0.0130. The summed E-state index contributed by atoms with van der Waals surface area (Å²) in [4.78, 5) is 6.13. The Hall–Kier alpha value is -2.07. The van der Waals surface area contributed by atoms with E-state index in [0.29, 0.717) is 10.6 Å². The van der Waals surface area contributed by atoms with Crippen LogP contribution in [0.25, 0.3) is 0 Å². The van der Waals surface area contributed by atoms with Crippen molar-refractivity contribution in [3.63, 3.8) is 0 Å². The Labute approximate surface area is 123 Å². The topological polar surface area (TPSA) is 66.0 Å². The zero-order valence-electron chi connectivity index (χ0n) is 11.3. The molecule has 0 fully saturated rings. The molecule has 5 heteroatoms. The highest BCUT2D eigenvalue weighted by atomic mass is 35.5. The number of hydrogen-bond acceptors (Lipinski definition) is 3. The van der Waals surface area contributed by atoms with Crippen LogP contribution in [0.15, 0.2) is 42.7 Å². The SMILES string of the molecule is CN(CCc1ccncc1)c1ccc(C(=N)N)c(Cl)c1. The van der Waals surface area contributed by atoms with Gasteiger partial charge in [0.1, 0.15) is 5.84 Å². The molecule has 2 rings (SSSR count). The van der Waals surface area contributed by atoms with Gasteiger partial charge in [0.15, 0.2) is 0 Å². The molecule has 1 aromatic heterocycles. The Morgan fingerprint density at radius 1 is 1.30 bits per heavy atom. The standard InChI is InChI=1S/C15H17ClN4/c1-20(9-6-11-4-7-19-8-5-11)12-2-3-13(15(17)18)14(16)10-12/h2-5,7-8,10H,6,9H2,1H3,(H3,17,18). The van der Waals surface area contributed by atoms with Crippen molar-refractivity contribution in [1.82, 2.24) is 4.98 Å². The fourth-order valence-electron chi connectivity index (χ4n) is 1.94. The highest BCUT2D eigenvalue weighted by molar-refractivity contribution is 6.34. The van der Waals surface area contributed by atoms with Gasteiger partial charge >= 0.3 is 0 Å². The number of aromatic nitrogens is 1. The van der Waals surface area contributed by atoms with Crippen LogP contribution in [-0.2, 0) is 6.42 Å². The minimum atomic E-state index is -0.0130. The first kappa shape index (κ1) is 14.3. The van der Waals surface area contributed by atoms with Crippen molar-refractivity contribution in [3.8, 4) is 0 Å². The smallest absolute Gasteiger partial charge is 0.124 e. The number of pyridine rings is 1. The summed E-state index contributed by atoms with van der Waals surface area (Å²) in [6, 6.07) is 9.57. The maximum absolute atomic E-state index is 7.42. The Morgan fingerprint density at radius 2 is 2.00 bits per heavy atom. The Bertz CT molecular complexity index is 598. The van der Waals surface area contributed by atoms with Crippen molar-refractivity contribution in [2.75, 3.05) is 18.5 Å². The highest BCUT2D eigenvalue weighted by Gasteiger charge is 2.07. The molecule has 20 heavy (non-hydrogen) atoms. The number of rotatable bonds is 5. The number of anilines is 1. The zero-order chi connectivity index (χ0) is 14.5. The number of benzene rings is 1. The quantitative estimate of drug-likeness (QED) is 0.657. The van der Waals surface area contributed by atoms with Gasteiger partial charge in [-0.3, -0.25) is 10.4 Å². The van der Waals surface area contributed by atoms with E-state index in [4.69, 9.17) is 22.7 Å². The van der Waals surface area contributed by atoms with Gasteiger partial charge in [0, 0.05) is 37.2 Å². The summed E-state index contributed by atoms with van der Waals surface area (Å²) in [7, 11) is 2.01. The molecule has 104 valence electrons. The van der Waals surface area contributed by atoms with Crippen LogP contribution in [0.4, 0.5) is 5.69 Å². The molecule has 1 heterocycles. The molecule has 0 aliphatic carbocycles. The number of likely N-dealkylation sites (N-methyl/N-ethyl adjacent to an activating group) is 1. The van der Waals surface area contributed by atoms with Gasteiger partial charge in [-0.05, 0) is 42.3 Å². The number of hydrogen-bond donors (Lipinski definition) is 2. The molecule has 0 atom stereocenters. The lowest BCUT2D eigenvalue weighted by Gasteiger charge is -2.20. The maximum atomic E-state index is 7.42. The number of nitrogens with two attached hydrogens (primary N) is 1. The number of nitrogens with zero attached hydrogens (tertiary/aromatic N) is 2. The lowest BCUT2D eigenvalue weighted by atomic mass is 10.1. The minimum Gasteiger partial charge on any atom is -0.384 e. The van der Waals surface area contributed by atoms with Crippen molar-refractivity contribution in [2.24, 2.45) is 5.73 Å². The maximum Gasteiger partial charge on any atom is 0.124 e.